The third kappa shape index (κ3) is 2.71. The molecular weight excluding hydrogens is 278 g/mol. The van der Waals surface area contributed by atoms with E-state index < -0.39 is 0 Å². The molecule has 0 atom stereocenters. The van der Waals surface area contributed by atoms with Crippen molar-refractivity contribution in [3.8, 4) is 0 Å². The first kappa shape index (κ1) is 14.6. The first-order valence-corrected chi connectivity index (χ1v) is 7.59. The number of oxazole rings is 1. The Morgan fingerprint density at radius 3 is 2.50 bits per heavy atom. The minimum Gasteiger partial charge on any atom is -0.448 e. The van der Waals surface area contributed by atoms with Gasteiger partial charge in [-0.3, -0.25) is 4.79 Å². The average Bonchev–Trinajstić information content (AvgIpc) is 2.96. The molecule has 3 rings (SSSR count). The lowest BCUT2D eigenvalue weighted by molar-refractivity contribution is 0.0741. The van der Waals surface area contributed by atoms with Crippen molar-refractivity contribution in [1.82, 2.24) is 9.88 Å². The molecule has 22 heavy (non-hydrogen) atoms. The Kier molecular flexibility index (Phi) is 3.88. The normalized spacial score (nSPS) is 15.2. The largest absolute Gasteiger partial charge is 0.448 e. The third-order valence-corrected chi connectivity index (χ3v) is 4.32. The Bertz CT molecular complexity index is 685. The van der Waals surface area contributed by atoms with Crippen LogP contribution in [0.5, 0.6) is 0 Å². The molecule has 0 N–H and O–H groups in total. The number of piperazine rings is 1. The first-order chi connectivity index (χ1) is 10.6. The number of amides is 1. The molecule has 0 unspecified atom stereocenters. The highest BCUT2D eigenvalue weighted by atomic mass is 16.3. The van der Waals surface area contributed by atoms with Gasteiger partial charge in [0.2, 0.25) is 0 Å². The summed E-state index contributed by atoms with van der Waals surface area (Å²) < 4.78 is 5.13. The molecule has 1 amide bonds. The highest BCUT2D eigenvalue weighted by Gasteiger charge is 2.24. The zero-order valence-electron chi connectivity index (χ0n) is 13.3. The monoisotopic (exact) mass is 299 g/mol. The number of hydrogen-bond acceptors (Lipinski definition) is 4. The van der Waals surface area contributed by atoms with E-state index in [1.807, 2.05) is 4.90 Å². The maximum atomic E-state index is 12.4. The highest BCUT2D eigenvalue weighted by Crippen LogP contribution is 2.24. The minimum absolute atomic E-state index is 0.0440. The zero-order valence-corrected chi connectivity index (χ0v) is 13.3. The molecular formula is C17H21N3O2. The smallest absolute Gasteiger partial charge is 0.275 e. The van der Waals surface area contributed by atoms with Crippen LogP contribution in [0.1, 0.15) is 27.5 Å². The standard InChI is InChI=1S/C17H21N3O2/c1-12-5-4-6-16(13(12)2)19-7-9-20(10-8-19)17(21)15-11-22-14(3)18-15/h4-6,11H,7-10H2,1-3H3. The van der Waals surface area contributed by atoms with Crippen molar-refractivity contribution in [3.05, 3.63) is 47.2 Å². The quantitative estimate of drug-likeness (QED) is 0.855. The number of aryl methyl sites for hydroxylation is 2. The summed E-state index contributed by atoms with van der Waals surface area (Å²) in [6, 6.07) is 6.37. The van der Waals surface area contributed by atoms with Gasteiger partial charge in [-0.25, -0.2) is 4.98 Å². The van der Waals surface area contributed by atoms with Crippen LogP contribution in [0.2, 0.25) is 0 Å². The van der Waals surface area contributed by atoms with Gasteiger partial charge in [0.05, 0.1) is 0 Å². The Labute approximate surface area is 130 Å². The minimum atomic E-state index is -0.0440. The molecule has 0 radical (unpaired) electrons. The molecule has 2 heterocycles. The summed E-state index contributed by atoms with van der Waals surface area (Å²) in [5, 5.41) is 0. The summed E-state index contributed by atoms with van der Waals surface area (Å²) in [5.74, 6) is 0.481. The molecule has 0 saturated carbocycles. The Morgan fingerprint density at radius 1 is 1.14 bits per heavy atom. The fraction of sp³-hybridized carbons (Fsp3) is 0.412. The number of nitrogens with zero attached hydrogens (tertiary/aromatic N) is 3. The highest BCUT2D eigenvalue weighted by molar-refractivity contribution is 5.92. The third-order valence-electron chi connectivity index (χ3n) is 4.32. The van der Waals surface area contributed by atoms with Crippen molar-refractivity contribution >= 4 is 11.6 Å². The Balaban J connectivity index is 1.67. The van der Waals surface area contributed by atoms with E-state index in [1.165, 1.54) is 23.1 Å². The van der Waals surface area contributed by atoms with E-state index in [0.29, 0.717) is 24.7 Å². The summed E-state index contributed by atoms with van der Waals surface area (Å²) in [4.78, 5) is 20.7. The fourth-order valence-electron chi connectivity index (χ4n) is 2.85. The average molecular weight is 299 g/mol. The van der Waals surface area contributed by atoms with Gasteiger partial charge in [-0.2, -0.15) is 0 Å². The fourth-order valence-corrected chi connectivity index (χ4v) is 2.85. The van der Waals surface area contributed by atoms with Crippen molar-refractivity contribution in [2.24, 2.45) is 0 Å². The van der Waals surface area contributed by atoms with Gasteiger partial charge in [0, 0.05) is 38.8 Å². The van der Waals surface area contributed by atoms with Gasteiger partial charge in [-0.05, 0) is 31.0 Å². The Hall–Kier alpha value is -2.30. The van der Waals surface area contributed by atoms with Gasteiger partial charge in [0.1, 0.15) is 6.26 Å². The van der Waals surface area contributed by atoms with E-state index in [1.54, 1.807) is 6.92 Å². The molecule has 1 aliphatic rings. The summed E-state index contributed by atoms with van der Waals surface area (Å²) in [5.41, 5.74) is 4.28. The van der Waals surface area contributed by atoms with Crippen LogP contribution in [-0.2, 0) is 0 Å². The molecule has 5 nitrogen and oxygen atoms in total. The van der Waals surface area contributed by atoms with Gasteiger partial charge in [0.15, 0.2) is 11.6 Å². The number of carbonyl (C=O) groups is 1. The van der Waals surface area contributed by atoms with E-state index >= 15 is 0 Å². The van der Waals surface area contributed by atoms with Crippen LogP contribution in [0.4, 0.5) is 5.69 Å². The summed E-state index contributed by atoms with van der Waals surface area (Å²) in [7, 11) is 0. The van der Waals surface area contributed by atoms with Gasteiger partial charge < -0.3 is 14.2 Å². The second kappa shape index (κ2) is 5.83. The van der Waals surface area contributed by atoms with Gasteiger partial charge in [-0.1, -0.05) is 12.1 Å². The van der Waals surface area contributed by atoms with Crippen LogP contribution >= 0.6 is 0 Å². The van der Waals surface area contributed by atoms with E-state index in [0.717, 1.165) is 13.1 Å². The van der Waals surface area contributed by atoms with Crippen molar-refractivity contribution in [2.45, 2.75) is 20.8 Å². The van der Waals surface area contributed by atoms with E-state index in [2.05, 4.69) is 41.9 Å². The molecule has 0 bridgehead atoms. The van der Waals surface area contributed by atoms with Crippen LogP contribution in [0.3, 0.4) is 0 Å². The molecule has 2 aromatic rings. The number of aromatic nitrogens is 1. The zero-order chi connectivity index (χ0) is 15.7. The molecule has 1 aliphatic heterocycles. The molecule has 116 valence electrons. The molecule has 5 heteroatoms. The maximum absolute atomic E-state index is 12.4. The van der Waals surface area contributed by atoms with Crippen LogP contribution in [0, 0.1) is 20.8 Å². The van der Waals surface area contributed by atoms with E-state index in [9.17, 15) is 4.79 Å². The van der Waals surface area contributed by atoms with Crippen molar-refractivity contribution in [1.29, 1.82) is 0 Å². The first-order valence-electron chi connectivity index (χ1n) is 7.59. The van der Waals surface area contributed by atoms with E-state index in [4.69, 9.17) is 4.42 Å². The SMILES string of the molecule is Cc1nc(C(=O)N2CCN(c3cccc(C)c3C)CC2)co1. The number of anilines is 1. The second-order valence-electron chi connectivity index (χ2n) is 5.75. The van der Waals surface area contributed by atoms with Crippen molar-refractivity contribution in [3.63, 3.8) is 0 Å². The van der Waals surface area contributed by atoms with Gasteiger partial charge in [-0.15, -0.1) is 0 Å². The molecule has 1 aromatic carbocycles. The lowest BCUT2D eigenvalue weighted by Crippen LogP contribution is -2.49. The lowest BCUT2D eigenvalue weighted by atomic mass is 10.1. The number of hydrogen-bond donors (Lipinski definition) is 0. The van der Waals surface area contributed by atoms with Crippen LogP contribution < -0.4 is 4.90 Å². The Morgan fingerprint density at radius 2 is 1.86 bits per heavy atom. The number of carbonyl (C=O) groups excluding carboxylic acids is 1. The molecule has 1 aromatic heterocycles. The van der Waals surface area contributed by atoms with Crippen molar-refractivity contribution in [2.75, 3.05) is 31.1 Å². The van der Waals surface area contributed by atoms with Gasteiger partial charge >= 0.3 is 0 Å². The summed E-state index contributed by atoms with van der Waals surface area (Å²) in [6.07, 6.45) is 1.44. The predicted molar refractivity (Wildman–Crippen MR) is 85.3 cm³/mol. The molecule has 1 saturated heterocycles. The van der Waals surface area contributed by atoms with Crippen LogP contribution in [-0.4, -0.2) is 42.0 Å². The number of benzene rings is 1. The molecule has 0 spiro atoms. The summed E-state index contributed by atoms with van der Waals surface area (Å²) >= 11 is 0. The lowest BCUT2D eigenvalue weighted by Gasteiger charge is -2.36. The molecule has 1 fully saturated rings. The summed E-state index contributed by atoms with van der Waals surface area (Å²) in [6.45, 7) is 9.12. The predicted octanol–water partition coefficient (Wildman–Crippen LogP) is 2.56. The molecule has 0 aliphatic carbocycles. The number of rotatable bonds is 2. The second-order valence-corrected chi connectivity index (χ2v) is 5.75. The van der Waals surface area contributed by atoms with E-state index in [-0.39, 0.29) is 5.91 Å². The van der Waals surface area contributed by atoms with Crippen molar-refractivity contribution < 1.29 is 9.21 Å². The van der Waals surface area contributed by atoms with Crippen LogP contribution in [0.25, 0.3) is 0 Å². The van der Waals surface area contributed by atoms with Gasteiger partial charge in [0.25, 0.3) is 5.91 Å². The topological polar surface area (TPSA) is 49.6 Å². The van der Waals surface area contributed by atoms with Crippen LogP contribution in [0.15, 0.2) is 28.9 Å². The maximum Gasteiger partial charge on any atom is 0.275 e.